The van der Waals surface area contributed by atoms with Gasteiger partial charge in [-0.2, -0.15) is 0 Å². The van der Waals surface area contributed by atoms with Crippen molar-refractivity contribution >= 4 is 0 Å². The molecule has 0 aliphatic carbocycles. The molecule has 2 aliphatic rings. The summed E-state index contributed by atoms with van der Waals surface area (Å²) in [5, 5.41) is 0. The van der Waals surface area contributed by atoms with Crippen LogP contribution in [-0.2, 0) is 14.2 Å². The fourth-order valence-corrected chi connectivity index (χ4v) is 3.49. The Kier molecular flexibility index (Phi) is 3.06. The van der Waals surface area contributed by atoms with E-state index in [9.17, 15) is 0 Å². The van der Waals surface area contributed by atoms with E-state index in [1.807, 2.05) is 0 Å². The lowest BCUT2D eigenvalue weighted by molar-refractivity contribution is -0.190. The Bertz CT molecular complexity index is 209. The van der Waals surface area contributed by atoms with Crippen molar-refractivity contribution in [1.29, 1.82) is 0 Å². The van der Waals surface area contributed by atoms with Crippen LogP contribution < -0.4 is 0 Å². The van der Waals surface area contributed by atoms with Gasteiger partial charge in [0, 0.05) is 14.2 Å². The molecule has 2 saturated heterocycles. The number of rotatable bonds is 4. The lowest BCUT2D eigenvalue weighted by Crippen LogP contribution is -2.48. The topological polar surface area (TPSA) is 27.7 Å². The Morgan fingerprint density at radius 2 is 1.53 bits per heavy atom. The highest BCUT2D eigenvalue weighted by molar-refractivity contribution is 5.03. The first-order valence-corrected chi connectivity index (χ1v) is 5.82. The van der Waals surface area contributed by atoms with E-state index < -0.39 is 0 Å². The van der Waals surface area contributed by atoms with E-state index in [0.29, 0.717) is 5.92 Å². The second-order valence-electron chi connectivity index (χ2n) is 5.35. The van der Waals surface area contributed by atoms with E-state index in [2.05, 4.69) is 6.92 Å². The third kappa shape index (κ3) is 2.05. The highest BCUT2D eigenvalue weighted by atomic mass is 16.6. The monoisotopic (exact) mass is 214 g/mol. The van der Waals surface area contributed by atoms with Gasteiger partial charge in [-0.05, 0) is 31.6 Å². The molecule has 2 rings (SSSR count). The molecule has 0 aromatic rings. The molecule has 3 nitrogen and oxygen atoms in total. The van der Waals surface area contributed by atoms with Crippen molar-refractivity contribution < 1.29 is 14.2 Å². The summed E-state index contributed by atoms with van der Waals surface area (Å²) in [6.45, 7) is 3.76. The zero-order valence-corrected chi connectivity index (χ0v) is 10.0. The quantitative estimate of drug-likeness (QED) is 0.716. The van der Waals surface area contributed by atoms with Crippen LogP contribution in [0.1, 0.15) is 32.6 Å². The predicted molar refractivity (Wildman–Crippen MR) is 57.9 cm³/mol. The molecular weight excluding hydrogens is 192 g/mol. The van der Waals surface area contributed by atoms with Crippen molar-refractivity contribution in [2.75, 3.05) is 27.4 Å². The third-order valence-corrected chi connectivity index (χ3v) is 3.72. The minimum atomic E-state index is -0.0229. The fraction of sp³-hybridized carbons (Fsp3) is 1.00. The number of hydrogen-bond acceptors (Lipinski definition) is 3. The Morgan fingerprint density at radius 3 is 1.93 bits per heavy atom. The second-order valence-corrected chi connectivity index (χ2v) is 5.35. The van der Waals surface area contributed by atoms with E-state index in [1.54, 1.807) is 14.2 Å². The van der Waals surface area contributed by atoms with E-state index in [-0.39, 0.29) is 11.2 Å². The smallest absolute Gasteiger partial charge is 0.0927 e. The van der Waals surface area contributed by atoms with Crippen molar-refractivity contribution in [2.45, 2.75) is 43.8 Å². The molecule has 0 amide bonds. The molecule has 0 aromatic carbocycles. The molecule has 2 aliphatic heterocycles. The molecule has 15 heavy (non-hydrogen) atoms. The number of methoxy groups -OCH3 is 2. The molecule has 88 valence electrons. The van der Waals surface area contributed by atoms with Gasteiger partial charge >= 0.3 is 0 Å². The van der Waals surface area contributed by atoms with Crippen LogP contribution in [0.4, 0.5) is 0 Å². The molecule has 0 radical (unpaired) electrons. The molecule has 0 saturated carbocycles. The minimum Gasteiger partial charge on any atom is -0.382 e. The zero-order valence-electron chi connectivity index (χ0n) is 10.0. The van der Waals surface area contributed by atoms with Gasteiger partial charge in [-0.15, -0.1) is 0 Å². The van der Waals surface area contributed by atoms with Crippen LogP contribution in [0.15, 0.2) is 0 Å². The van der Waals surface area contributed by atoms with E-state index in [4.69, 9.17) is 14.2 Å². The maximum Gasteiger partial charge on any atom is 0.0927 e. The van der Waals surface area contributed by atoms with E-state index in [1.165, 1.54) is 0 Å². The SMILES string of the molecule is COC[C@@]12CC[C@@](COC)(C[C@H](C)C1)O2. The summed E-state index contributed by atoms with van der Waals surface area (Å²) >= 11 is 0. The van der Waals surface area contributed by atoms with Crippen LogP contribution in [0.25, 0.3) is 0 Å². The number of hydrogen-bond donors (Lipinski definition) is 0. The van der Waals surface area contributed by atoms with Gasteiger partial charge in [0.1, 0.15) is 0 Å². The normalized spacial score (nSPS) is 44.6. The summed E-state index contributed by atoms with van der Waals surface area (Å²) in [7, 11) is 3.52. The van der Waals surface area contributed by atoms with E-state index >= 15 is 0 Å². The Balaban J connectivity index is 2.12. The van der Waals surface area contributed by atoms with Crippen molar-refractivity contribution in [3.05, 3.63) is 0 Å². The average Bonchev–Trinajstić information content (AvgIpc) is 2.39. The number of fused-ring (bicyclic) bond motifs is 2. The zero-order chi connectivity index (χ0) is 10.9. The van der Waals surface area contributed by atoms with Gasteiger partial charge in [-0.25, -0.2) is 0 Å². The molecule has 0 aromatic heterocycles. The summed E-state index contributed by atoms with van der Waals surface area (Å²) in [4.78, 5) is 0. The summed E-state index contributed by atoms with van der Waals surface area (Å²) in [5.74, 6) is 0.714. The molecule has 0 spiro atoms. The van der Waals surface area contributed by atoms with Gasteiger partial charge in [0.15, 0.2) is 0 Å². The van der Waals surface area contributed by atoms with Gasteiger partial charge in [0.05, 0.1) is 24.4 Å². The molecule has 2 bridgehead atoms. The molecule has 0 N–H and O–H groups in total. The highest BCUT2D eigenvalue weighted by Crippen LogP contribution is 2.50. The maximum atomic E-state index is 6.27. The predicted octanol–water partition coefficient (Wildman–Crippen LogP) is 2.00. The first-order chi connectivity index (χ1) is 7.14. The van der Waals surface area contributed by atoms with Gasteiger partial charge in [0.2, 0.25) is 0 Å². The molecular formula is C12H22O3. The Labute approximate surface area is 92.1 Å². The summed E-state index contributed by atoms with van der Waals surface area (Å²) in [5.41, 5.74) is -0.0457. The Morgan fingerprint density at radius 1 is 1.07 bits per heavy atom. The van der Waals surface area contributed by atoms with E-state index in [0.717, 1.165) is 38.9 Å². The average molecular weight is 214 g/mol. The summed E-state index contributed by atoms with van der Waals surface area (Å²) < 4.78 is 16.9. The highest BCUT2D eigenvalue weighted by Gasteiger charge is 2.54. The number of ether oxygens (including phenoxy) is 3. The van der Waals surface area contributed by atoms with Gasteiger partial charge in [0.25, 0.3) is 0 Å². The van der Waals surface area contributed by atoms with Crippen molar-refractivity contribution in [3.8, 4) is 0 Å². The van der Waals surface area contributed by atoms with Crippen LogP contribution in [0.2, 0.25) is 0 Å². The van der Waals surface area contributed by atoms with Crippen LogP contribution in [0.5, 0.6) is 0 Å². The fourth-order valence-electron chi connectivity index (χ4n) is 3.49. The lowest BCUT2D eigenvalue weighted by atomic mass is 9.85. The standard InChI is InChI=1S/C12H22O3/c1-10-6-11(8-13-2)4-5-12(7-10,15-11)9-14-3/h10H,4-9H2,1-3H3/t10-,11-,12+. The summed E-state index contributed by atoms with van der Waals surface area (Å²) in [6.07, 6.45) is 4.50. The summed E-state index contributed by atoms with van der Waals surface area (Å²) in [6, 6.07) is 0. The Hall–Kier alpha value is -0.120. The maximum absolute atomic E-state index is 6.27. The van der Waals surface area contributed by atoms with Crippen LogP contribution in [-0.4, -0.2) is 38.6 Å². The van der Waals surface area contributed by atoms with Crippen molar-refractivity contribution in [1.82, 2.24) is 0 Å². The molecule has 2 heterocycles. The minimum absolute atomic E-state index is 0.0229. The molecule has 2 fully saturated rings. The van der Waals surface area contributed by atoms with Gasteiger partial charge in [-0.1, -0.05) is 6.92 Å². The molecule has 0 unspecified atom stereocenters. The van der Waals surface area contributed by atoms with Crippen molar-refractivity contribution in [3.63, 3.8) is 0 Å². The molecule has 3 atom stereocenters. The van der Waals surface area contributed by atoms with Crippen LogP contribution in [0, 0.1) is 5.92 Å². The lowest BCUT2D eigenvalue weighted by Gasteiger charge is -2.42. The van der Waals surface area contributed by atoms with Crippen molar-refractivity contribution in [2.24, 2.45) is 5.92 Å². The van der Waals surface area contributed by atoms with Gasteiger partial charge in [-0.3, -0.25) is 0 Å². The largest absolute Gasteiger partial charge is 0.382 e. The van der Waals surface area contributed by atoms with Gasteiger partial charge < -0.3 is 14.2 Å². The molecule has 3 heteroatoms. The first-order valence-electron chi connectivity index (χ1n) is 5.82. The third-order valence-electron chi connectivity index (χ3n) is 3.72. The first kappa shape index (κ1) is 11.4. The second kappa shape index (κ2) is 4.04. The van der Waals surface area contributed by atoms with Crippen LogP contribution >= 0.6 is 0 Å². The van der Waals surface area contributed by atoms with Crippen LogP contribution in [0.3, 0.4) is 0 Å².